The lowest BCUT2D eigenvalue weighted by molar-refractivity contribution is 0.179. The van der Waals surface area contributed by atoms with Crippen molar-refractivity contribution in [2.24, 2.45) is 4.99 Å². The lowest BCUT2D eigenvalue weighted by Crippen LogP contribution is -2.43. The number of ether oxygens (including phenoxy) is 3. The van der Waals surface area contributed by atoms with E-state index in [1.165, 1.54) is 0 Å². The zero-order chi connectivity index (χ0) is 19.5. The van der Waals surface area contributed by atoms with Crippen LogP contribution in [0.1, 0.15) is 19.4 Å². The fourth-order valence-corrected chi connectivity index (χ4v) is 2.41. The fourth-order valence-electron chi connectivity index (χ4n) is 2.41. The average molecular weight is 500 g/mol. The Hall–Kier alpha value is -2.07. The van der Waals surface area contributed by atoms with Gasteiger partial charge in [0, 0.05) is 39.0 Å². The Labute approximate surface area is 183 Å². The summed E-state index contributed by atoms with van der Waals surface area (Å²) in [6, 6.07) is 11.5. The van der Waals surface area contributed by atoms with Crippen molar-refractivity contribution < 1.29 is 14.2 Å². The first-order valence-corrected chi connectivity index (χ1v) is 8.96. The number of rotatable bonds is 9. The van der Waals surface area contributed by atoms with Crippen LogP contribution in [0.4, 0.5) is 0 Å². The number of halogens is 1. The molecule has 0 amide bonds. The van der Waals surface area contributed by atoms with Crippen molar-refractivity contribution in [2.75, 3.05) is 27.4 Å². The molecule has 0 fully saturated rings. The first-order valence-electron chi connectivity index (χ1n) is 8.96. The van der Waals surface area contributed by atoms with E-state index in [1.807, 2.05) is 50.2 Å². The largest absolute Gasteiger partial charge is 0.494 e. The minimum absolute atomic E-state index is 0. The Bertz CT molecular complexity index is 726. The van der Waals surface area contributed by atoms with E-state index < -0.39 is 0 Å². The van der Waals surface area contributed by atoms with Crippen molar-refractivity contribution >= 4 is 29.9 Å². The molecular formula is C20H29IN4O3. The van der Waals surface area contributed by atoms with Crippen molar-refractivity contribution in [3.8, 4) is 17.4 Å². The molecule has 8 heteroatoms. The van der Waals surface area contributed by atoms with Crippen molar-refractivity contribution in [1.82, 2.24) is 15.6 Å². The van der Waals surface area contributed by atoms with Crippen LogP contribution in [-0.2, 0) is 11.3 Å². The smallest absolute Gasteiger partial charge is 0.219 e. The maximum Gasteiger partial charge on any atom is 0.219 e. The molecule has 0 aliphatic rings. The second-order valence-corrected chi connectivity index (χ2v) is 5.94. The van der Waals surface area contributed by atoms with E-state index in [9.17, 15) is 0 Å². The van der Waals surface area contributed by atoms with Gasteiger partial charge >= 0.3 is 0 Å². The molecule has 0 saturated heterocycles. The molecule has 2 rings (SSSR count). The van der Waals surface area contributed by atoms with Gasteiger partial charge in [0.15, 0.2) is 5.96 Å². The Balaban J connectivity index is 0.00000392. The van der Waals surface area contributed by atoms with Crippen molar-refractivity contribution in [2.45, 2.75) is 26.4 Å². The molecule has 0 saturated carbocycles. The molecule has 1 unspecified atom stereocenters. The Morgan fingerprint density at radius 3 is 2.54 bits per heavy atom. The molecule has 1 heterocycles. The van der Waals surface area contributed by atoms with Crippen LogP contribution >= 0.6 is 24.0 Å². The van der Waals surface area contributed by atoms with Crippen molar-refractivity contribution in [3.05, 3.63) is 48.2 Å². The standard InChI is InChI=1S/C20H28N4O3.HI/c1-5-26-17-6-8-18(9-7-17)27-19-12-16(10-11-22-19)13-23-20(21-3)24-15(2)14-25-4;/h6-12,15H,5,13-14H2,1-4H3,(H2,21,23,24);1H. The summed E-state index contributed by atoms with van der Waals surface area (Å²) in [4.78, 5) is 8.49. The van der Waals surface area contributed by atoms with Gasteiger partial charge in [-0.2, -0.15) is 0 Å². The van der Waals surface area contributed by atoms with E-state index in [0.29, 0.717) is 37.3 Å². The maximum atomic E-state index is 5.82. The summed E-state index contributed by atoms with van der Waals surface area (Å²) < 4.78 is 16.4. The van der Waals surface area contributed by atoms with E-state index in [1.54, 1.807) is 20.4 Å². The van der Waals surface area contributed by atoms with Gasteiger partial charge in [0.25, 0.3) is 0 Å². The van der Waals surface area contributed by atoms with E-state index in [0.717, 1.165) is 11.3 Å². The zero-order valence-corrected chi connectivity index (χ0v) is 19.1. The Kier molecular flexibility index (Phi) is 11.3. The minimum Gasteiger partial charge on any atom is -0.494 e. The van der Waals surface area contributed by atoms with E-state index in [4.69, 9.17) is 14.2 Å². The number of aromatic nitrogens is 1. The highest BCUT2D eigenvalue weighted by atomic mass is 127. The third kappa shape index (κ3) is 8.30. The number of aliphatic imine (C=N–C) groups is 1. The predicted octanol–water partition coefficient (Wildman–Crippen LogP) is 3.59. The van der Waals surface area contributed by atoms with Crippen molar-refractivity contribution in [3.63, 3.8) is 0 Å². The molecule has 28 heavy (non-hydrogen) atoms. The molecule has 2 N–H and O–H groups in total. The molecule has 154 valence electrons. The zero-order valence-electron chi connectivity index (χ0n) is 16.8. The number of hydrogen-bond acceptors (Lipinski definition) is 5. The predicted molar refractivity (Wildman–Crippen MR) is 122 cm³/mol. The Morgan fingerprint density at radius 2 is 1.89 bits per heavy atom. The van der Waals surface area contributed by atoms with Crippen LogP contribution in [0.3, 0.4) is 0 Å². The minimum atomic E-state index is 0. The summed E-state index contributed by atoms with van der Waals surface area (Å²) in [7, 11) is 3.42. The first-order chi connectivity index (χ1) is 13.1. The average Bonchev–Trinajstić information content (AvgIpc) is 2.67. The number of nitrogens with one attached hydrogen (secondary N) is 2. The molecule has 1 aromatic heterocycles. The first kappa shape index (κ1) is 24.0. The van der Waals surface area contributed by atoms with Gasteiger partial charge < -0.3 is 24.8 Å². The molecule has 0 bridgehead atoms. The highest BCUT2D eigenvalue weighted by molar-refractivity contribution is 14.0. The van der Waals surface area contributed by atoms with Gasteiger partial charge in [0.05, 0.1) is 13.2 Å². The quantitative estimate of drug-likeness (QED) is 0.312. The number of benzene rings is 1. The number of methoxy groups -OCH3 is 1. The van der Waals surface area contributed by atoms with Gasteiger partial charge in [0.1, 0.15) is 11.5 Å². The number of nitrogens with zero attached hydrogens (tertiary/aromatic N) is 2. The number of pyridine rings is 1. The van der Waals surface area contributed by atoms with Gasteiger partial charge in [-0.15, -0.1) is 24.0 Å². The van der Waals surface area contributed by atoms with E-state index in [-0.39, 0.29) is 30.0 Å². The summed E-state index contributed by atoms with van der Waals surface area (Å²) in [5.74, 6) is 2.78. The van der Waals surface area contributed by atoms with Crippen LogP contribution < -0.4 is 20.1 Å². The number of hydrogen-bond donors (Lipinski definition) is 2. The van der Waals surface area contributed by atoms with Crippen LogP contribution in [-0.4, -0.2) is 44.4 Å². The molecule has 0 spiro atoms. The number of guanidine groups is 1. The molecule has 1 atom stereocenters. The van der Waals surface area contributed by atoms with Gasteiger partial charge in [-0.3, -0.25) is 4.99 Å². The maximum absolute atomic E-state index is 5.82. The molecule has 0 aliphatic carbocycles. The van der Waals surface area contributed by atoms with Crippen LogP contribution in [0, 0.1) is 0 Å². The summed E-state index contributed by atoms with van der Waals surface area (Å²) in [5, 5.41) is 6.53. The lowest BCUT2D eigenvalue weighted by atomic mass is 10.2. The van der Waals surface area contributed by atoms with Crippen LogP contribution in [0.25, 0.3) is 0 Å². The third-order valence-corrected chi connectivity index (χ3v) is 3.64. The van der Waals surface area contributed by atoms with Crippen molar-refractivity contribution in [1.29, 1.82) is 0 Å². The highest BCUT2D eigenvalue weighted by Crippen LogP contribution is 2.23. The lowest BCUT2D eigenvalue weighted by Gasteiger charge is -2.17. The van der Waals surface area contributed by atoms with Crippen LogP contribution in [0.2, 0.25) is 0 Å². The Morgan fingerprint density at radius 1 is 1.18 bits per heavy atom. The molecule has 0 aliphatic heterocycles. The summed E-state index contributed by atoms with van der Waals surface area (Å²) in [6.07, 6.45) is 1.73. The van der Waals surface area contributed by atoms with Crippen LogP contribution in [0.5, 0.6) is 17.4 Å². The van der Waals surface area contributed by atoms with Gasteiger partial charge in [-0.25, -0.2) is 4.98 Å². The fraction of sp³-hybridized carbons (Fsp3) is 0.400. The third-order valence-electron chi connectivity index (χ3n) is 3.64. The second kappa shape index (κ2) is 13.2. The molecule has 2 aromatic rings. The highest BCUT2D eigenvalue weighted by Gasteiger charge is 2.06. The monoisotopic (exact) mass is 500 g/mol. The molecule has 7 nitrogen and oxygen atoms in total. The van der Waals surface area contributed by atoms with Crippen LogP contribution in [0.15, 0.2) is 47.6 Å². The van der Waals surface area contributed by atoms with Gasteiger partial charge in [-0.1, -0.05) is 0 Å². The SMILES string of the molecule is CCOc1ccc(Oc2cc(CNC(=NC)NC(C)COC)ccn2)cc1.I. The second-order valence-electron chi connectivity index (χ2n) is 5.94. The van der Waals surface area contributed by atoms with E-state index >= 15 is 0 Å². The molecular weight excluding hydrogens is 471 g/mol. The summed E-state index contributed by atoms with van der Waals surface area (Å²) in [6.45, 7) is 5.83. The molecule has 1 aromatic carbocycles. The normalized spacial score (nSPS) is 11.9. The van der Waals surface area contributed by atoms with Gasteiger partial charge in [-0.05, 0) is 49.7 Å². The molecule has 0 radical (unpaired) electrons. The summed E-state index contributed by atoms with van der Waals surface area (Å²) >= 11 is 0. The summed E-state index contributed by atoms with van der Waals surface area (Å²) in [5.41, 5.74) is 1.04. The van der Waals surface area contributed by atoms with Gasteiger partial charge in [0.2, 0.25) is 5.88 Å². The van der Waals surface area contributed by atoms with E-state index in [2.05, 4.69) is 20.6 Å². The topological polar surface area (TPSA) is 77.0 Å².